The van der Waals surface area contributed by atoms with Gasteiger partial charge in [-0.05, 0) is 37.5 Å². The quantitative estimate of drug-likeness (QED) is 0.0222. The van der Waals surface area contributed by atoms with Crippen molar-refractivity contribution in [2.45, 2.75) is 407 Å². The maximum absolute atomic E-state index is 13.1. The van der Waals surface area contributed by atoms with Gasteiger partial charge in [0.1, 0.15) is 19.3 Å². The number of phosphoric ester groups is 2. The summed E-state index contributed by atoms with van der Waals surface area (Å²) >= 11 is 0. The van der Waals surface area contributed by atoms with E-state index < -0.39 is 97.5 Å². The van der Waals surface area contributed by atoms with E-state index in [1.807, 2.05) is 0 Å². The van der Waals surface area contributed by atoms with E-state index in [-0.39, 0.29) is 25.7 Å². The predicted molar refractivity (Wildman–Crippen MR) is 381 cm³/mol. The van der Waals surface area contributed by atoms with Crippen LogP contribution < -0.4 is 0 Å². The fraction of sp³-hybridized carbons (Fsp3) is 0.947. The SMILES string of the molecule is CCCCCCCCCCCCCCCCCCCC(=O)O[C@H](COC(=O)CCCCCCCCCCCCC(C)CC)COP(=O)(O)OC[C@@H](O)COP(=O)(O)OC[C@@H](COC(=O)CCCCCCCCC(C)CC)OC(=O)CCCCCCCCCCCCCCC. The van der Waals surface area contributed by atoms with E-state index in [1.54, 1.807) is 0 Å². The molecule has 0 amide bonds. The van der Waals surface area contributed by atoms with Crippen LogP contribution in [0.4, 0.5) is 0 Å². The largest absolute Gasteiger partial charge is 0.472 e. The highest BCUT2D eigenvalue weighted by Gasteiger charge is 2.30. The van der Waals surface area contributed by atoms with Gasteiger partial charge >= 0.3 is 39.5 Å². The first kappa shape index (κ1) is 92.1. The Morgan fingerprint density at radius 1 is 0.298 bits per heavy atom. The van der Waals surface area contributed by atoms with Gasteiger partial charge in [0.05, 0.1) is 26.4 Å². The maximum Gasteiger partial charge on any atom is 0.472 e. The zero-order valence-electron chi connectivity index (χ0n) is 61.3. The van der Waals surface area contributed by atoms with Crippen LogP contribution in [0.2, 0.25) is 0 Å². The first-order valence-electron chi connectivity index (χ1n) is 39.1. The zero-order chi connectivity index (χ0) is 69.3. The van der Waals surface area contributed by atoms with E-state index in [0.29, 0.717) is 25.7 Å². The van der Waals surface area contributed by atoms with Gasteiger partial charge in [0.25, 0.3) is 0 Å². The van der Waals surface area contributed by atoms with Crippen molar-refractivity contribution in [3.63, 3.8) is 0 Å². The number of esters is 4. The van der Waals surface area contributed by atoms with Crippen LogP contribution in [0.1, 0.15) is 388 Å². The van der Waals surface area contributed by atoms with Crippen molar-refractivity contribution in [1.29, 1.82) is 0 Å². The van der Waals surface area contributed by atoms with Crippen molar-refractivity contribution in [3.8, 4) is 0 Å². The van der Waals surface area contributed by atoms with Gasteiger partial charge < -0.3 is 33.8 Å². The molecule has 0 rings (SSSR count). The monoisotopic (exact) mass is 1380 g/mol. The number of aliphatic hydroxyl groups is 1. The molecule has 0 aromatic rings. The fourth-order valence-corrected chi connectivity index (χ4v) is 13.0. The molecule has 0 spiro atoms. The van der Waals surface area contributed by atoms with E-state index in [0.717, 1.165) is 108 Å². The van der Waals surface area contributed by atoms with Crippen molar-refractivity contribution < 1.29 is 80.2 Å². The van der Waals surface area contributed by atoms with Gasteiger partial charge in [-0.25, -0.2) is 9.13 Å². The maximum atomic E-state index is 13.1. The normalized spacial score (nSPS) is 14.6. The Labute approximate surface area is 575 Å². The van der Waals surface area contributed by atoms with Gasteiger partial charge in [-0.3, -0.25) is 37.3 Å². The molecular weight excluding hydrogens is 1230 g/mol. The summed E-state index contributed by atoms with van der Waals surface area (Å²) in [6, 6.07) is 0. The molecule has 0 saturated heterocycles. The van der Waals surface area contributed by atoms with E-state index in [2.05, 4.69) is 41.5 Å². The Kier molecular flexibility index (Phi) is 65.5. The van der Waals surface area contributed by atoms with Crippen LogP contribution in [0.5, 0.6) is 0 Å². The number of aliphatic hydroxyl groups excluding tert-OH is 1. The standard InChI is InChI=1S/C75H146O17P2/c1-7-11-13-15-17-19-21-23-24-25-26-28-30-36-40-48-54-60-74(79)91-70(63-85-72(77)57-51-45-38-34-32-31-33-37-43-49-55-67(5)9-3)65-89-93(81,82)87-61-69(76)62-88-94(83,84)90-66-71(64-86-73(78)58-52-46-42-41-44-50-56-68(6)10-4)92-75(80)59-53-47-39-35-29-27-22-20-18-16-14-12-8-2/h67-71,76H,7-66H2,1-6H3,(H,81,82)(H,83,84)/t67?,68?,69-,70-,71-/m1/s1. The third-order valence-corrected chi connectivity index (χ3v) is 20.1. The molecule has 0 fully saturated rings. The van der Waals surface area contributed by atoms with Crippen molar-refractivity contribution in [2.75, 3.05) is 39.6 Å². The van der Waals surface area contributed by atoms with Gasteiger partial charge in [0.2, 0.25) is 0 Å². The minimum absolute atomic E-state index is 0.107. The second-order valence-corrected chi connectivity index (χ2v) is 30.4. The molecule has 558 valence electrons. The molecule has 0 aromatic carbocycles. The Morgan fingerprint density at radius 3 is 0.755 bits per heavy atom. The summed E-state index contributed by atoms with van der Waals surface area (Å²) in [5, 5.41) is 10.6. The molecule has 94 heavy (non-hydrogen) atoms. The number of phosphoric acid groups is 2. The number of carbonyl (C=O) groups is 4. The predicted octanol–water partition coefficient (Wildman–Crippen LogP) is 21.9. The van der Waals surface area contributed by atoms with E-state index in [1.165, 1.54) is 199 Å². The lowest BCUT2D eigenvalue weighted by molar-refractivity contribution is -0.161. The summed E-state index contributed by atoms with van der Waals surface area (Å²) in [6.07, 6.45) is 54.0. The summed E-state index contributed by atoms with van der Waals surface area (Å²) < 4.78 is 68.5. The molecule has 0 bridgehead atoms. The van der Waals surface area contributed by atoms with Crippen LogP contribution in [-0.4, -0.2) is 96.7 Å². The highest BCUT2D eigenvalue weighted by Crippen LogP contribution is 2.45. The van der Waals surface area contributed by atoms with Crippen LogP contribution in [0, 0.1) is 11.8 Å². The van der Waals surface area contributed by atoms with Crippen LogP contribution in [-0.2, 0) is 65.4 Å². The Bertz CT molecular complexity index is 1820. The molecule has 0 aliphatic rings. The topological polar surface area (TPSA) is 237 Å². The van der Waals surface area contributed by atoms with Crippen LogP contribution >= 0.6 is 15.6 Å². The zero-order valence-corrected chi connectivity index (χ0v) is 63.1. The number of carbonyl (C=O) groups excluding carboxylic acids is 4. The number of hydrogen-bond acceptors (Lipinski definition) is 15. The average molecular weight is 1380 g/mol. The van der Waals surface area contributed by atoms with Gasteiger partial charge in [0.15, 0.2) is 12.2 Å². The molecule has 4 unspecified atom stereocenters. The van der Waals surface area contributed by atoms with Crippen LogP contribution in [0.25, 0.3) is 0 Å². The molecule has 0 saturated carbocycles. The van der Waals surface area contributed by atoms with Crippen molar-refractivity contribution in [2.24, 2.45) is 11.8 Å². The number of unbranched alkanes of at least 4 members (excludes halogenated alkanes) is 42. The lowest BCUT2D eigenvalue weighted by Gasteiger charge is -2.21. The third-order valence-electron chi connectivity index (χ3n) is 18.2. The Morgan fingerprint density at radius 2 is 0.511 bits per heavy atom. The molecular formula is C75H146O17P2. The van der Waals surface area contributed by atoms with Crippen molar-refractivity contribution in [3.05, 3.63) is 0 Å². The number of ether oxygens (including phenoxy) is 4. The Hall–Kier alpha value is -1.94. The van der Waals surface area contributed by atoms with E-state index in [9.17, 15) is 43.2 Å². The molecule has 3 N–H and O–H groups in total. The van der Waals surface area contributed by atoms with Crippen LogP contribution in [0.15, 0.2) is 0 Å². The molecule has 0 radical (unpaired) electrons. The average Bonchev–Trinajstić information content (AvgIpc) is 1.67. The summed E-state index contributed by atoms with van der Waals surface area (Å²) in [5.41, 5.74) is 0. The summed E-state index contributed by atoms with van der Waals surface area (Å²) in [6.45, 7) is 9.58. The van der Waals surface area contributed by atoms with Crippen molar-refractivity contribution in [1.82, 2.24) is 0 Å². The molecule has 0 aliphatic heterocycles. The van der Waals surface area contributed by atoms with Gasteiger partial charge in [0, 0.05) is 25.7 Å². The minimum atomic E-state index is -4.96. The van der Waals surface area contributed by atoms with Gasteiger partial charge in [-0.1, -0.05) is 337 Å². The van der Waals surface area contributed by atoms with E-state index in [4.69, 9.17) is 37.0 Å². The molecule has 17 nitrogen and oxygen atoms in total. The highest BCUT2D eigenvalue weighted by molar-refractivity contribution is 7.47. The summed E-state index contributed by atoms with van der Waals surface area (Å²) in [7, 11) is -9.91. The van der Waals surface area contributed by atoms with Crippen LogP contribution in [0.3, 0.4) is 0 Å². The first-order chi connectivity index (χ1) is 45.4. The first-order valence-corrected chi connectivity index (χ1v) is 42.1. The molecule has 0 aliphatic carbocycles. The number of hydrogen-bond donors (Lipinski definition) is 3. The van der Waals surface area contributed by atoms with Crippen molar-refractivity contribution >= 4 is 39.5 Å². The summed E-state index contributed by atoms with van der Waals surface area (Å²) in [5.74, 6) is -0.575. The molecule has 0 heterocycles. The lowest BCUT2D eigenvalue weighted by atomic mass is 9.99. The smallest absolute Gasteiger partial charge is 0.462 e. The lowest BCUT2D eigenvalue weighted by Crippen LogP contribution is -2.30. The highest BCUT2D eigenvalue weighted by atomic mass is 31.2. The molecule has 0 aromatic heterocycles. The third kappa shape index (κ3) is 66.0. The second-order valence-electron chi connectivity index (χ2n) is 27.5. The van der Waals surface area contributed by atoms with Gasteiger partial charge in [-0.2, -0.15) is 0 Å². The second kappa shape index (κ2) is 66.9. The minimum Gasteiger partial charge on any atom is -0.462 e. The van der Waals surface area contributed by atoms with Gasteiger partial charge in [-0.15, -0.1) is 0 Å². The number of rotatable bonds is 74. The Balaban J connectivity index is 5.26. The molecule has 7 atom stereocenters. The van der Waals surface area contributed by atoms with E-state index >= 15 is 0 Å². The summed E-state index contributed by atoms with van der Waals surface area (Å²) in [4.78, 5) is 72.8. The fourth-order valence-electron chi connectivity index (χ4n) is 11.4. The molecule has 19 heteroatoms.